The third-order valence-electron chi connectivity index (χ3n) is 4.66. The summed E-state index contributed by atoms with van der Waals surface area (Å²) in [5.41, 5.74) is 1.07. The van der Waals surface area contributed by atoms with Crippen LogP contribution in [0.5, 0.6) is 0 Å². The van der Waals surface area contributed by atoms with E-state index >= 15 is 0 Å². The number of carbonyl (C=O) groups is 2. The summed E-state index contributed by atoms with van der Waals surface area (Å²) in [6.07, 6.45) is 3.22. The van der Waals surface area contributed by atoms with Gasteiger partial charge in [0.25, 0.3) is 5.56 Å². The lowest BCUT2D eigenvalue weighted by Crippen LogP contribution is -2.38. The fraction of sp³-hybridized carbons (Fsp3) is 0.368. The number of aromatic nitrogens is 2. The molecule has 0 radical (unpaired) electrons. The summed E-state index contributed by atoms with van der Waals surface area (Å²) in [5.74, 6) is -0.510. The zero-order valence-electron chi connectivity index (χ0n) is 14.7. The fourth-order valence-electron chi connectivity index (χ4n) is 3.28. The van der Waals surface area contributed by atoms with Gasteiger partial charge in [0.1, 0.15) is 0 Å². The third kappa shape index (κ3) is 4.63. The van der Waals surface area contributed by atoms with Crippen LogP contribution in [0, 0.1) is 0 Å². The van der Waals surface area contributed by atoms with Crippen LogP contribution < -0.4 is 16.6 Å². The van der Waals surface area contributed by atoms with Gasteiger partial charge in [0.2, 0.25) is 5.91 Å². The quantitative estimate of drug-likeness (QED) is 0.674. The Balaban J connectivity index is 1.61. The van der Waals surface area contributed by atoms with Gasteiger partial charge in [0.05, 0.1) is 6.54 Å². The summed E-state index contributed by atoms with van der Waals surface area (Å²) in [6.45, 7) is 0.0722. The summed E-state index contributed by atoms with van der Waals surface area (Å²) in [6, 6.07) is 6.95. The van der Waals surface area contributed by atoms with Gasteiger partial charge in [-0.15, -0.1) is 0 Å². The highest BCUT2D eigenvalue weighted by molar-refractivity contribution is 9.10. The van der Waals surface area contributed by atoms with E-state index in [2.05, 4.69) is 26.2 Å². The van der Waals surface area contributed by atoms with E-state index in [-0.39, 0.29) is 36.8 Å². The van der Waals surface area contributed by atoms with Crippen molar-refractivity contribution in [1.82, 2.24) is 14.9 Å². The molecule has 0 aliphatic heterocycles. The molecule has 3 rings (SSSR count). The van der Waals surface area contributed by atoms with Crippen LogP contribution in [0.25, 0.3) is 0 Å². The molecule has 142 valence electrons. The summed E-state index contributed by atoms with van der Waals surface area (Å²) in [7, 11) is 0. The van der Waals surface area contributed by atoms with Crippen LogP contribution in [0.1, 0.15) is 40.9 Å². The van der Waals surface area contributed by atoms with Crippen molar-refractivity contribution in [2.24, 2.45) is 0 Å². The molecule has 1 heterocycles. The molecular weight excluding hydrogens is 414 g/mol. The number of hydrogen-bond acceptors (Lipinski definition) is 4. The summed E-state index contributed by atoms with van der Waals surface area (Å²) < 4.78 is 2.27. The molecule has 1 aliphatic carbocycles. The molecule has 2 N–H and O–H groups in total. The monoisotopic (exact) mass is 433 g/mol. The van der Waals surface area contributed by atoms with E-state index in [1.165, 1.54) is 4.57 Å². The molecule has 2 aromatic rings. The highest BCUT2D eigenvalue weighted by Gasteiger charge is 2.18. The molecular formula is C19H20BrN3O4. The Labute approximate surface area is 163 Å². The normalized spacial score (nSPS) is 13.1. The van der Waals surface area contributed by atoms with Crippen molar-refractivity contribution in [2.45, 2.75) is 38.6 Å². The van der Waals surface area contributed by atoms with E-state index in [0.29, 0.717) is 24.0 Å². The molecule has 0 atom stereocenters. The fourth-order valence-corrected chi connectivity index (χ4v) is 3.67. The number of ketones is 1. The second kappa shape index (κ2) is 8.47. The Morgan fingerprint density at radius 1 is 1.19 bits per heavy atom. The van der Waals surface area contributed by atoms with Gasteiger partial charge in [-0.25, -0.2) is 4.79 Å². The van der Waals surface area contributed by atoms with Crippen molar-refractivity contribution in [1.29, 1.82) is 0 Å². The Morgan fingerprint density at radius 2 is 1.96 bits per heavy atom. The van der Waals surface area contributed by atoms with Crippen LogP contribution in [-0.2, 0) is 24.2 Å². The van der Waals surface area contributed by atoms with Crippen molar-refractivity contribution in [2.75, 3.05) is 6.54 Å². The van der Waals surface area contributed by atoms with Crippen molar-refractivity contribution < 1.29 is 9.59 Å². The van der Waals surface area contributed by atoms with E-state index in [1.807, 2.05) is 6.07 Å². The molecule has 1 aromatic carbocycles. The minimum absolute atomic E-state index is 0.0597. The second-order valence-electron chi connectivity index (χ2n) is 6.50. The molecule has 7 nitrogen and oxygen atoms in total. The van der Waals surface area contributed by atoms with E-state index in [0.717, 1.165) is 23.0 Å². The van der Waals surface area contributed by atoms with Crippen molar-refractivity contribution in [3.05, 3.63) is 66.4 Å². The number of rotatable bonds is 6. The molecule has 8 heteroatoms. The zero-order valence-corrected chi connectivity index (χ0v) is 16.3. The minimum Gasteiger partial charge on any atom is -0.349 e. The lowest BCUT2D eigenvalue weighted by Gasteiger charge is -2.19. The van der Waals surface area contributed by atoms with Gasteiger partial charge in [0.15, 0.2) is 5.78 Å². The number of fused-ring (bicyclic) bond motifs is 1. The maximum absolute atomic E-state index is 12.1. The van der Waals surface area contributed by atoms with Crippen LogP contribution in [0.3, 0.4) is 0 Å². The minimum atomic E-state index is -0.487. The van der Waals surface area contributed by atoms with Gasteiger partial charge in [0, 0.05) is 34.3 Å². The first kappa shape index (κ1) is 19.3. The lowest BCUT2D eigenvalue weighted by molar-refractivity contribution is -0.121. The van der Waals surface area contributed by atoms with E-state index in [9.17, 15) is 19.2 Å². The smallest absolute Gasteiger partial charge is 0.328 e. The van der Waals surface area contributed by atoms with Crippen LogP contribution in [-0.4, -0.2) is 27.8 Å². The highest BCUT2D eigenvalue weighted by Crippen LogP contribution is 2.16. The molecule has 1 aliphatic rings. The van der Waals surface area contributed by atoms with Gasteiger partial charge in [-0.1, -0.05) is 28.1 Å². The van der Waals surface area contributed by atoms with E-state index in [4.69, 9.17) is 0 Å². The molecule has 0 saturated heterocycles. The first-order valence-electron chi connectivity index (χ1n) is 8.86. The van der Waals surface area contributed by atoms with Crippen molar-refractivity contribution in [3.63, 3.8) is 0 Å². The SMILES string of the molecule is O=C(CCn1c2c(c(=O)[nH]c1=O)CCCC2)NCC(=O)c1cccc(Br)c1. The van der Waals surface area contributed by atoms with Gasteiger partial charge >= 0.3 is 5.69 Å². The Kier molecular flexibility index (Phi) is 6.05. The third-order valence-corrected chi connectivity index (χ3v) is 5.15. The predicted molar refractivity (Wildman–Crippen MR) is 104 cm³/mol. The number of benzene rings is 1. The van der Waals surface area contributed by atoms with Crippen LogP contribution in [0.4, 0.5) is 0 Å². The number of H-pyrrole nitrogens is 1. The zero-order chi connectivity index (χ0) is 19.4. The van der Waals surface area contributed by atoms with E-state index in [1.54, 1.807) is 18.2 Å². The predicted octanol–water partition coefficient (Wildman–Crippen LogP) is 1.57. The Hall–Kier alpha value is -2.48. The van der Waals surface area contributed by atoms with Crippen LogP contribution in [0.2, 0.25) is 0 Å². The topological polar surface area (TPSA) is 101 Å². The standard InChI is InChI=1S/C19H20BrN3O4/c20-13-5-3-4-12(10-13)16(24)11-21-17(25)8-9-23-15-7-2-1-6-14(15)18(26)22-19(23)27/h3-5,10H,1-2,6-9,11H2,(H,21,25)(H,22,26,27). The average molecular weight is 434 g/mol. The molecule has 27 heavy (non-hydrogen) atoms. The Morgan fingerprint density at radius 3 is 2.74 bits per heavy atom. The van der Waals surface area contributed by atoms with Crippen LogP contribution >= 0.6 is 15.9 Å². The number of nitrogens with zero attached hydrogens (tertiary/aromatic N) is 1. The largest absolute Gasteiger partial charge is 0.349 e. The number of hydrogen-bond donors (Lipinski definition) is 2. The lowest BCUT2D eigenvalue weighted by atomic mass is 9.97. The van der Waals surface area contributed by atoms with Crippen molar-refractivity contribution >= 4 is 27.6 Å². The average Bonchev–Trinajstić information content (AvgIpc) is 2.66. The van der Waals surface area contributed by atoms with Gasteiger partial charge in [-0.2, -0.15) is 0 Å². The number of halogens is 1. The number of nitrogens with one attached hydrogen (secondary N) is 2. The molecule has 0 fully saturated rings. The highest BCUT2D eigenvalue weighted by atomic mass is 79.9. The number of carbonyl (C=O) groups excluding carboxylic acids is 2. The van der Waals surface area contributed by atoms with Gasteiger partial charge < -0.3 is 5.32 Å². The number of aromatic amines is 1. The number of amides is 1. The second-order valence-corrected chi connectivity index (χ2v) is 7.42. The van der Waals surface area contributed by atoms with E-state index < -0.39 is 5.69 Å². The molecule has 0 spiro atoms. The summed E-state index contributed by atoms with van der Waals surface area (Å²) in [4.78, 5) is 50.6. The first-order valence-corrected chi connectivity index (χ1v) is 9.65. The summed E-state index contributed by atoms with van der Waals surface area (Å²) in [5, 5.41) is 2.59. The molecule has 1 amide bonds. The maximum atomic E-state index is 12.1. The van der Waals surface area contributed by atoms with Gasteiger partial charge in [-0.05, 0) is 37.8 Å². The Bertz CT molecular complexity index is 993. The molecule has 0 saturated carbocycles. The maximum Gasteiger partial charge on any atom is 0.328 e. The number of Topliss-reactive ketones (excluding diaryl/α,β-unsaturated/α-hetero) is 1. The molecule has 0 bridgehead atoms. The van der Waals surface area contributed by atoms with Gasteiger partial charge in [-0.3, -0.25) is 23.9 Å². The molecule has 0 unspecified atom stereocenters. The van der Waals surface area contributed by atoms with Crippen molar-refractivity contribution in [3.8, 4) is 0 Å². The van der Waals surface area contributed by atoms with Crippen LogP contribution in [0.15, 0.2) is 38.3 Å². The molecule has 1 aromatic heterocycles. The summed E-state index contributed by atoms with van der Waals surface area (Å²) >= 11 is 3.31. The first-order chi connectivity index (χ1) is 13.0.